The number of halogens is 1. The van der Waals surface area contributed by atoms with Crippen LogP contribution in [0.2, 0.25) is 5.02 Å². The first-order chi connectivity index (χ1) is 9.31. The predicted molar refractivity (Wildman–Crippen MR) is 72.3 cm³/mol. The molecule has 2 rings (SSSR count). The van der Waals surface area contributed by atoms with Gasteiger partial charge in [-0.3, -0.25) is 0 Å². The van der Waals surface area contributed by atoms with Crippen LogP contribution in [0.3, 0.4) is 0 Å². The third-order valence-corrected chi connectivity index (χ3v) is 5.02. The van der Waals surface area contributed by atoms with Gasteiger partial charge < -0.3 is 10.2 Å². The normalized spacial score (nSPS) is 16.9. The fourth-order valence-electron chi connectivity index (χ4n) is 1.76. The minimum atomic E-state index is -3.95. The average molecular weight is 320 g/mol. The van der Waals surface area contributed by atoms with Gasteiger partial charge in [0.2, 0.25) is 10.0 Å². The fourth-order valence-corrected chi connectivity index (χ4v) is 3.34. The molecule has 1 atom stereocenters. The largest absolute Gasteiger partial charge is 0.478 e. The Morgan fingerprint density at radius 3 is 2.65 bits per heavy atom. The van der Waals surface area contributed by atoms with E-state index in [4.69, 9.17) is 16.7 Å². The molecule has 1 saturated carbocycles. The van der Waals surface area contributed by atoms with Gasteiger partial charge in [-0.2, -0.15) is 0 Å². The van der Waals surface area contributed by atoms with Crippen molar-refractivity contribution in [2.45, 2.75) is 23.8 Å². The standard InChI is InChI=1S/C12H14ClNO5S/c13-9-4-3-8(12(16)17)5-11(9)20(18,19)14-6-10(15)7-1-2-7/h3-5,7,10,14-15H,1-2,6H2,(H,16,17). The first-order valence-corrected chi connectivity index (χ1v) is 7.88. The van der Waals surface area contributed by atoms with E-state index < -0.39 is 22.1 Å². The molecule has 0 aliphatic heterocycles. The van der Waals surface area contributed by atoms with Gasteiger partial charge in [0.25, 0.3) is 0 Å². The Kier molecular flexibility index (Phi) is 4.33. The molecule has 1 aromatic rings. The Labute approximate surface area is 121 Å². The number of carboxylic acids is 1. The van der Waals surface area contributed by atoms with Crippen molar-refractivity contribution in [3.05, 3.63) is 28.8 Å². The second-order valence-corrected chi connectivity index (χ2v) is 6.85. The average Bonchev–Trinajstić information content (AvgIpc) is 3.20. The molecule has 1 aliphatic carbocycles. The number of aliphatic hydroxyl groups excluding tert-OH is 1. The number of hydrogen-bond acceptors (Lipinski definition) is 4. The summed E-state index contributed by atoms with van der Waals surface area (Å²) in [5.74, 6) is -1.10. The maximum atomic E-state index is 12.1. The van der Waals surface area contributed by atoms with Gasteiger partial charge in [0.05, 0.1) is 16.7 Å². The van der Waals surface area contributed by atoms with Gasteiger partial charge in [-0.15, -0.1) is 0 Å². The molecule has 8 heteroatoms. The molecule has 0 aromatic heterocycles. The first kappa shape index (κ1) is 15.2. The van der Waals surface area contributed by atoms with Crippen LogP contribution in [0.15, 0.2) is 23.1 Å². The molecule has 6 nitrogen and oxygen atoms in total. The van der Waals surface area contributed by atoms with Crippen molar-refractivity contribution in [2.75, 3.05) is 6.54 Å². The maximum Gasteiger partial charge on any atom is 0.335 e. The van der Waals surface area contributed by atoms with Crippen molar-refractivity contribution in [3.63, 3.8) is 0 Å². The maximum absolute atomic E-state index is 12.1. The quantitative estimate of drug-likeness (QED) is 0.728. The van der Waals surface area contributed by atoms with Crippen LogP contribution in [0.25, 0.3) is 0 Å². The minimum absolute atomic E-state index is 0.0663. The van der Waals surface area contributed by atoms with E-state index in [-0.39, 0.29) is 27.9 Å². The summed E-state index contributed by atoms with van der Waals surface area (Å²) >= 11 is 5.80. The van der Waals surface area contributed by atoms with E-state index in [1.165, 1.54) is 12.1 Å². The monoisotopic (exact) mass is 319 g/mol. The van der Waals surface area contributed by atoms with Gasteiger partial charge in [0, 0.05) is 6.54 Å². The molecule has 0 radical (unpaired) electrons. The highest BCUT2D eigenvalue weighted by Crippen LogP contribution is 2.32. The van der Waals surface area contributed by atoms with Crippen LogP contribution in [0.4, 0.5) is 0 Å². The van der Waals surface area contributed by atoms with Gasteiger partial charge in [-0.05, 0) is 37.0 Å². The van der Waals surface area contributed by atoms with Crippen molar-refractivity contribution in [1.82, 2.24) is 4.72 Å². The number of benzene rings is 1. The van der Waals surface area contributed by atoms with E-state index in [9.17, 15) is 18.3 Å². The number of hydrogen-bond donors (Lipinski definition) is 3. The second-order valence-electron chi connectivity index (χ2n) is 4.71. The zero-order valence-electron chi connectivity index (χ0n) is 10.4. The summed E-state index contributed by atoms with van der Waals surface area (Å²) < 4.78 is 26.4. The number of carbonyl (C=O) groups is 1. The molecule has 0 amide bonds. The molecule has 1 aliphatic rings. The van der Waals surface area contributed by atoms with E-state index in [0.29, 0.717) is 0 Å². The topological polar surface area (TPSA) is 104 Å². The fraction of sp³-hybridized carbons (Fsp3) is 0.417. The highest BCUT2D eigenvalue weighted by atomic mass is 35.5. The zero-order valence-corrected chi connectivity index (χ0v) is 12.0. The molecule has 1 fully saturated rings. The van der Waals surface area contributed by atoms with Crippen molar-refractivity contribution in [2.24, 2.45) is 5.92 Å². The van der Waals surface area contributed by atoms with Gasteiger partial charge in [-0.25, -0.2) is 17.9 Å². The van der Waals surface area contributed by atoms with E-state index in [0.717, 1.165) is 18.9 Å². The van der Waals surface area contributed by atoms with Crippen molar-refractivity contribution < 1.29 is 23.4 Å². The third-order valence-electron chi connectivity index (χ3n) is 3.12. The molecule has 1 aromatic carbocycles. The lowest BCUT2D eigenvalue weighted by molar-refractivity contribution is 0.0696. The molecule has 0 bridgehead atoms. The molecule has 1 unspecified atom stereocenters. The molecule has 20 heavy (non-hydrogen) atoms. The van der Waals surface area contributed by atoms with Crippen molar-refractivity contribution >= 4 is 27.6 Å². The van der Waals surface area contributed by atoms with Crippen LogP contribution < -0.4 is 4.72 Å². The van der Waals surface area contributed by atoms with Crippen LogP contribution in [-0.2, 0) is 10.0 Å². The lowest BCUT2D eigenvalue weighted by Crippen LogP contribution is -2.33. The Balaban J connectivity index is 2.19. The van der Waals surface area contributed by atoms with Crippen molar-refractivity contribution in [1.29, 1.82) is 0 Å². The van der Waals surface area contributed by atoms with Gasteiger partial charge in [0.15, 0.2) is 0 Å². The Bertz CT molecular complexity index is 627. The minimum Gasteiger partial charge on any atom is -0.478 e. The summed E-state index contributed by atoms with van der Waals surface area (Å²) in [6, 6.07) is 3.44. The summed E-state index contributed by atoms with van der Waals surface area (Å²) in [4.78, 5) is 10.6. The van der Waals surface area contributed by atoms with E-state index >= 15 is 0 Å². The zero-order chi connectivity index (χ0) is 14.9. The van der Waals surface area contributed by atoms with E-state index in [2.05, 4.69) is 4.72 Å². The number of nitrogens with one attached hydrogen (secondary N) is 1. The number of rotatable bonds is 6. The molecule has 0 spiro atoms. The van der Waals surface area contributed by atoms with E-state index in [1.807, 2.05) is 0 Å². The summed E-state index contributed by atoms with van der Waals surface area (Å²) in [6.45, 7) is -0.110. The van der Waals surface area contributed by atoms with Crippen LogP contribution in [0.1, 0.15) is 23.2 Å². The predicted octanol–water partition coefficient (Wildman–Crippen LogP) is 1.09. The summed E-state index contributed by atoms with van der Waals surface area (Å²) in [7, 11) is -3.95. The van der Waals surface area contributed by atoms with Gasteiger partial charge >= 0.3 is 5.97 Å². The SMILES string of the molecule is O=C(O)c1ccc(Cl)c(S(=O)(=O)NCC(O)C2CC2)c1. The molecule has 110 valence electrons. The lowest BCUT2D eigenvalue weighted by Gasteiger charge is -2.12. The number of carboxylic acid groups (broad SMARTS) is 1. The van der Waals surface area contributed by atoms with Gasteiger partial charge in [0.1, 0.15) is 4.90 Å². The highest BCUT2D eigenvalue weighted by Gasteiger charge is 2.31. The summed E-state index contributed by atoms with van der Waals surface area (Å²) in [5, 5.41) is 18.5. The first-order valence-electron chi connectivity index (χ1n) is 6.02. The Hall–Kier alpha value is -1.15. The van der Waals surface area contributed by atoms with Crippen LogP contribution in [0.5, 0.6) is 0 Å². The Morgan fingerprint density at radius 2 is 2.10 bits per heavy atom. The van der Waals surface area contributed by atoms with Crippen LogP contribution in [-0.4, -0.2) is 37.2 Å². The number of aromatic carboxylic acids is 1. The van der Waals surface area contributed by atoms with E-state index in [1.54, 1.807) is 0 Å². The summed E-state index contributed by atoms with van der Waals surface area (Å²) in [6.07, 6.45) is 1.04. The molecule has 0 heterocycles. The highest BCUT2D eigenvalue weighted by molar-refractivity contribution is 7.89. The smallest absolute Gasteiger partial charge is 0.335 e. The Morgan fingerprint density at radius 1 is 1.45 bits per heavy atom. The summed E-state index contributed by atoms with van der Waals surface area (Å²) in [5.41, 5.74) is -0.169. The molecular weight excluding hydrogens is 306 g/mol. The number of sulfonamides is 1. The lowest BCUT2D eigenvalue weighted by atomic mass is 10.2. The molecular formula is C12H14ClNO5S. The van der Waals surface area contributed by atoms with Crippen molar-refractivity contribution in [3.8, 4) is 0 Å². The van der Waals surface area contributed by atoms with Gasteiger partial charge in [-0.1, -0.05) is 11.6 Å². The third kappa shape index (κ3) is 3.49. The molecule has 0 saturated heterocycles. The van der Waals surface area contributed by atoms with Crippen LogP contribution >= 0.6 is 11.6 Å². The van der Waals surface area contributed by atoms with Crippen LogP contribution in [0, 0.1) is 5.92 Å². The molecule has 3 N–H and O–H groups in total. The second kappa shape index (κ2) is 5.69. The number of aliphatic hydroxyl groups is 1.